The van der Waals surface area contributed by atoms with Gasteiger partial charge >= 0.3 is 11.9 Å². The molecule has 2 aromatic rings. The normalized spacial score (nSPS) is 24.6. The monoisotopic (exact) mass is 830 g/mol. The zero-order valence-corrected chi connectivity index (χ0v) is 27.3. The van der Waals surface area contributed by atoms with Gasteiger partial charge in [-0.1, -0.05) is 28.9 Å². The number of ether oxygens (including phenoxy) is 1. The number of esters is 1. The fourth-order valence-electron chi connectivity index (χ4n) is 4.66. The largest absolute Gasteiger partial charge is 0.481 e. The van der Waals surface area contributed by atoms with Crippen LogP contribution in [-0.4, -0.2) is 62.2 Å². The van der Waals surface area contributed by atoms with Gasteiger partial charge in [-0.2, -0.15) is 0 Å². The van der Waals surface area contributed by atoms with Gasteiger partial charge in [-0.3, -0.25) is 14.7 Å². The van der Waals surface area contributed by atoms with E-state index in [0.29, 0.717) is 28.5 Å². The van der Waals surface area contributed by atoms with E-state index in [9.17, 15) is 14.7 Å². The van der Waals surface area contributed by atoms with E-state index in [1.165, 1.54) is 11.3 Å². The molecule has 0 spiro atoms. The van der Waals surface area contributed by atoms with E-state index in [-0.39, 0.29) is 32.2 Å². The van der Waals surface area contributed by atoms with Crippen molar-refractivity contribution in [1.82, 2.24) is 15.2 Å². The first-order valence-corrected chi connectivity index (χ1v) is 15.8. The third kappa shape index (κ3) is 6.93. The van der Waals surface area contributed by atoms with Gasteiger partial charge in [0.1, 0.15) is 6.04 Å². The summed E-state index contributed by atoms with van der Waals surface area (Å²) in [6, 6.07) is 4.82. The van der Waals surface area contributed by atoms with E-state index in [4.69, 9.17) is 9.73 Å². The Morgan fingerprint density at radius 2 is 2.21 bits per heavy atom. The van der Waals surface area contributed by atoms with Crippen LogP contribution in [-0.2, 0) is 14.3 Å². The summed E-state index contributed by atoms with van der Waals surface area (Å²) in [5, 5.41) is 15.3. The molecule has 4 atom stereocenters. The van der Waals surface area contributed by atoms with Crippen LogP contribution in [0.15, 0.2) is 50.5 Å². The van der Waals surface area contributed by atoms with Crippen molar-refractivity contribution in [2.75, 3.05) is 19.7 Å². The second-order valence-corrected chi connectivity index (χ2v) is 14.1. The fourth-order valence-corrected chi connectivity index (χ4v) is 7.71. The number of hydrogen-bond donors (Lipinski definition) is 2. The lowest BCUT2D eigenvalue weighted by molar-refractivity contribution is -0.141. The van der Waals surface area contributed by atoms with Gasteiger partial charge in [-0.05, 0) is 76.2 Å². The summed E-state index contributed by atoms with van der Waals surface area (Å²) in [4.78, 5) is 36.2. The SMILES string of the molecule is CCOC(=O)C1=C(CN2CC(F)(I)C[C@H]2CC(C)C(=O)O)NC(c2nccs2)=N[C@H]1c1ccc(I)cc1Br. The van der Waals surface area contributed by atoms with Crippen molar-refractivity contribution in [1.29, 1.82) is 0 Å². The Hall–Kier alpha value is -1.17. The molecule has 1 aromatic carbocycles. The number of carboxylic acid groups (broad SMARTS) is 1. The first-order chi connectivity index (χ1) is 18.0. The molecule has 8 nitrogen and oxygen atoms in total. The van der Waals surface area contributed by atoms with Gasteiger partial charge < -0.3 is 15.2 Å². The highest BCUT2D eigenvalue weighted by molar-refractivity contribution is 14.1. The second-order valence-electron chi connectivity index (χ2n) is 9.21. The Labute approximate surface area is 259 Å². The molecule has 13 heteroatoms. The van der Waals surface area contributed by atoms with Gasteiger partial charge in [0.2, 0.25) is 0 Å². The number of aliphatic carboxylic acids is 1. The molecule has 1 aromatic heterocycles. The van der Waals surface area contributed by atoms with Gasteiger partial charge in [-0.15, -0.1) is 11.3 Å². The minimum Gasteiger partial charge on any atom is -0.481 e. The molecule has 3 heterocycles. The second kappa shape index (κ2) is 12.6. The zero-order valence-electron chi connectivity index (χ0n) is 20.6. The Balaban J connectivity index is 1.80. The van der Waals surface area contributed by atoms with Crippen molar-refractivity contribution in [3.05, 3.63) is 59.7 Å². The number of nitrogens with zero attached hydrogens (tertiary/aromatic N) is 3. The van der Waals surface area contributed by atoms with Crippen molar-refractivity contribution >= 4 is 90.2 Å². The smallest absolute Gasteiger partial charge is 0.338 e. The summed E-state index contributed by atoms with van der Waals surface area (Å²) in [7, 11) is 0. The van der Waals surface area contributed by atoms with Crippen LogP contribution in [0.2, 0.25) is 0 Å². The average Bonchev–Trinajstić information content (AvgIpc) is 3.46. The lowest BCUT2D eigenvalue weighted by atomic mass is 9.95. The quantitative estimate of drug-likeness (QED) is 0.190. The van der Waals surface area contributed by atoms with Crippen molar-refractivity contribution in [2.24, 2.45) is 10.9 Å². The number of halogens is 4. The summed E-state index contributed by atoms with van der Waals surface area (Å²) in [5.74, 6) is -1.55. The van der Waals surface area contributed by atoms with Crippen LogP contribution in [0.5, 0.6) is 0 Å². The van der Waals surface area contributed by atoms with E-state index in [1.807, 2.05) is 28.5 Å². The molecule has 4 rings (SSSR count). The number of amidine groups is 1. The number of likely N-dealkylation sites (tertiary alicyclic amines) is 1. The maximum absolute atomic E-state index is 15.3. The Bertz CT molecular complexity index is 1270. The number of rotatable bonds is 9. The molecule has 0 saturated carbocycles. The maximum atomic E-state index is 15.3. The Kier molecular flexibility index (Phi) is 9.85. The number of benzene rings is 1. The van der Waals surface area contributed by atoms with Crippen LogP contribution in [0.25, 0.3) is 0 Å². The number of carboxylic acids is 1. The molecule has 0 bridgehead atoms. The zero-order chi connectivity index (χ0) is 27.6. The molecule has 1 fully saturated rings. The molecular weight excluding hydrogens is 805 g/mol. The predicted molar refractivity (Wildman–Crippen MR) is 164 cm³/mol. The van der Waals surface area contributed by atoms with E-state index in [0.717, 1.165) is 13.6 Å². The standard InChI is InChI=1S/C25H26BrFI2N4O4S/c1-3-37-24(36)19-18(11-33-12-25(27,29)10-15(33)8-13(2)23(34)35)31-21(22-30-6-7-38-22)32-20(19)16-5-4-14(28)9-17(16)26/h4-7,9,13,15,20H,3,8,10-12H2,1-2H3,(H,31,32)(H,34,35)/t13?,15-,20+,25?/m1/s1. The summed E-state index contributed by atoms with van der Waals surface area (Å²) in [5.41, 5.74) is 1.66. The third-order valence-corrected chi connectivity index (χ3v) is 9.33. The number of carbonyl (C=O) groups is 2. The molecule has 0 amide bonds. The molecule has 2 aliphatic rings. The number of carbonyl (C=O) groups excluding carboxylic acids is 1. The highest BCUT2D eigenvalue weighted by Gasteiger charge is 2.45. The minimum atomic E-state index is -1.51. The van der Waals surface area contributed by atoms with Crippen LogP contribution in [0, 0.1) is 9.49 Å². The van der Waals surface area contributed by atoms with Crippen LogP contribution >= 0.6 is 72.4 Å². The van der Waals surface area contributed by atoms with Crippen molar-refractivity contribution in [3.8, 4) is 0 Å². The van der Waals surface area contributed by atoms with E-state index >= 15 is 4.39 Å². The molecule has 0 radical (unpaired) electrons. The number of aliphatic imine (C=N–C) groups is 1. The molecule has 0 aliphatic carbocycles. The predicted octanol–water partition coefficient (Wildman–Crippen LogP) is 5.70. The van der Waals surface area contributed by atoms with Crippen LogP contribution < -0.4 is 5.32 Å². The van der Waals surface area contributed by atoms with Crippen LogP contribution in [0.4, 0.5) is 4.39 Å². The maximum Gasteiger partial charge on any atom is 0.338 e. The molecule has 38 heavy (non-hydrogen) atoms. The first-order valence-electron chi connectivity index (χ1n) is 11.9. The lowest BCUT2D eigenvalue weighted by Gasteiger charge is -2.32. The molecular formula is C25H26BrFI2N4O4S. The average molecular weight is 831 g/mol. The molecule has 2 aliphatic heterocycles. The van der Waals surface area contributed by atoms with E-state index in [1.54, 1.807) is 42.6 Å². The number of nitrogens with one attached hydrogen (secondary N) is 1. The number of alkyl halides is 2. The number of hydrogen-bond acceptors (Lipinski definition) is 8. The minimum absolute atomic E-state index is 0.105. The Morgan fingerprint density at radius 3 is 2.84 bits per heavy atom. The highest BCUT2D eigenvalue weighted by Crippen LogP contribution is 2.41. The van der Waals surface area contributed by atoms with Crippen molar-refractivity contribution < 1.29 is 23.8 Å². The molecule has 1 saturated heterocycles. The van der Waals surface area contributed by atoms with Crippen LogP contribution in [0.1, 0.15) is 43.3 Å². The van der Waals surface area contributed by atoms with Gasteiger partial charge in [0, 0.05) is 50.9 Å². The van der Waals surface area contributed by atoms with E-state index in [2.05, 4.69) is 48.8 Å². The third-order valence-electron chi connectivity index (χ3n) is 6.41. The van der Waals surface area contributed by atoms with Crippen molar-refractivity contribution in [2.45, 2.75) is 42.4 Å². The summed E-state index contributed by atoms with van der Waals surface area (Å²) in [6.07, 6.45) is 2.18. The summed E-state index contributed by atoms with van der Waals surface area (Å²) >= 11 is 9.07. The Morgan fingerprint density at radius 1 is 1.45 bits per heavy atom. The topological polar surface area (TPSA) is 104 Å². The fraction of sp³-hybridized carbons (Fsp3) is 0.440. The van der Waals surface area contributed by atoms with Crippen molar-refractivity contribution in [3.63, 3.8) is 0 Å². The molecule has 204 valence electrons. The molecule has 2 N–H and O–H groups in total. The summed E-state index contributed by atoms with van der Waals surface area (Å²) < 4.78 is 21.0. The van der Waals surface area contributed by atoms with Gasteiger partial charge in [0.05, 0.1) is 18.1 Å². The summed E-state index contributed by atoms with van der Waals surface area (Å²) in [6.45, 7) is 3.86. The van der Waals surface area contributed by atoms with Gasteiger partial charge in [0.25, 0.3) is 0 Å². The number of aromatic nitrogens is 1. The lowest BCUT2D eigenvalue weighted by Crippen LogP contribution is -2.42. The highest BCUT2D eigenvalue weighted by atomic mass is 127. The van der Waals surface area contributed by atoms with E-state index < -0.39 is 27.6 Å². The van der Waals surface area contributed by atoms with Gasteiger partial charge in [-0.25, -0.2) is 14.2 Å². The van der Waals surface area contributed by atoms with Gasteiger partial charge in [0.15, 0.2) is 14.5 Å². The van der Waals surface area contributed by atoms with Crippen LogP contribution in [0.3, 0.4) is 0 Å². The molecule has 2 unspecified atom stereocenters. The number of thiazole rings is 1. The first kappa shape index (κ1) is 29.8.